The fourth-order valence-corrected chi connectivity index (χ4v) is 2.39. The van der Waals surface area contributed by atoms with Crippen LogP contribution in [0, 0.1) is 19.3 Å². The molecule has 8 nitrogen and oxygen atoms in total. The number of hydrogen-bond acceptors (Lipinski definition) is 7. The fraction of sp³-hybridized carbons (Fsp3) is 0.389. The van der Waals surface area contributed by atoms with E-state index in [4.69, 9.17) is 14.2 Å². The van der Waals surface area contributed by atoms with Crippen LogP contribution >= 0.6 is 0 Å². The van der Waals surface area contributed by atoms with E-state index in [9.17, 15) is 4.79 Å². The topological polar surface area (TPSA) is 88.4 Å². The first-order valence-corrected chi connectivity index (χ1v) is 8.45. The van der Waals surface area contributed by atoms with Gasteiger partial charge in [-0.05, 0) is 42.7 Å². The first-order valence-electron chi connectivity index (χ1n) is 8.45. The molecule has 0 aliphatic carbocycles. The molecule has 0 spiro atoms. The minimum atomic E-state index is -0.530. The maximum atomic E-state index is 10.9. The Hall–Kier alpha value is -2.48. The van der Waals surface area contributed by atoms with Crippen molar-refractivity contribution in [3.8, 4) is 5.75 Å². The summed E-state index contributed by atoms with van der Waals surface area (Å²) >= 11 is 0. The van der Waals surface area contributed by atoms with E-state index in [0.717, 1.165) is 5.56 Å². The van der Waals surface area contributed by atoms with Gasteiger partial charge >= 0.3 is 5.97 Å². The quantitative estimate of drug-likeness (QED) is 0.695. The van der Waals surface area contributed by atoms with Gasteiger partial charge in [0.1, 0.15) is 12.4 Å². The van der Waals surface area contributed by atoms with Crippen molar-refractivity contribution in [2.75, 3.05) is 6.61 Å². The Morgan fingerprint density at radius 3 is 2.77 bits per heavy atom. The molecule has 1 aromatic carbocycles. The van der Waals surface area contributed by atoms with Crippen LogP contribution in [0.25, 0.3) is 0 Å². The van der Waals surface area contributed by atoms with Crippen molar-refractivity contribution in [2.45, 2.75) is 39.2 Å². The lowest BCUT2D eigenvalue weighted by atomic mass is 10.1. The molecular formula is C18H21N4O4. The summed E-state index contributed by atoms with van der Waals surface area (Å²) in [5.74, 6) is 1.03. The summed E-state index contributed by atoms with van der Waals surface area (Å²) in [7, 11) is 0. The molecule has 1 fully saturated rings. The Morgan fingerprint density at radius 2 is 2.08 bits per heavy atom. The van der Waals surface area contributed by atoms with E-state index >= 15 is 0 Å². The Morgan fingerprint density at radius 1 is 1.27 bits per heavy atom. The zero-order valence-electron chi connectivity index (χ0n) is 14.7. The highest BCUT2D eigenvalue weighted by molar-refractivity contribution is 5.65. The van der Waals surface area contributed by atoms with Gasteiger partial charge in [0.2, 0.25) is 6.29 Å². The predicted molar refractivity (Wildman–Crippen MR) is 91.6 cm³/mol. The van der Waals surface area contributed by atoms with Crippen molar-refractivity contribution in [3.05, 3.63) is 54.9 Å². The third kappa shape index (κ3) is 5.26. The summed E-state index contributed by atoms with van der Waals surface area (Å²) in [6.07, 6.45) is 5.23. The van der Waals surface area contributed by atoms with Gasteiger partial charge in [-0.1, -0.05) is 12.1 Å². The molecular weight excluding hydrogens is 336 g/mol. The van der Waals surface area contributed by atoms with Crippen molar-refractivity contribution in [3.63, 3.8) is 0 Å². The Kier molecular flexibility index (Phi) is 6.17. The molecule has 2 heterocycles. The number of carbonyl (C=O) groups excluding carboxylic acids is 1. The molecule has 3 radical (unpaired) electrons. The van der Waals surface area contributed by atoms with E-state index in [1.54, 1.807) is 11.2 Å². The number of nitrogens with zero attached hydrogens (tertiary/aromatic N) is 4. The van der Waals surface area contributed by atoms with Crippen LogP contribution in [0.1, 0.15) is 25.2 Å². The van der Waals surface area contributed by atoms with Crippen LogP contribution in [-0.4, -0.2) is 45.2 Å². The van der Waals surface area contributed by atoms with Crippen LogP contribution in [0.2, 0.25) is 0 Å². The lowest BCUT2D eigenvalue weighted by Crippen LogP contribution is -2.36. The maximum absolute atomic E-state index is 10.9. The van der Waals surface area contributed by atoms with Crippen molar-refractivity contribution >= 4 is 5.97 Å². The first kappa shape index (κ1) is 18.3. The van der Waals surface area contributed by atoms with Crippen molar-refractivity contribution in [2.24, 2.45) is 0 Å². The largest absolute Gasteiger partial charge is 0.465 e. The van der Waals surface area contributed by atoms with Gasteiger partial charge in [-0.25, -0.2) is 0 Å². The molecule has 0 N–H and O–H groups in total. The highest BCUT2D eigenvalue weighted by atomic mass is 16.7. The summed E-state index contributed by atoms with van der Waals surface area (Å²) in [6, 6.07) is 7.65. The molecule has 1 aliphatic heterocycles. The summed E-state index contributed by atoms with van der Waals surface area (Å²) in [6.45, 7) is 4.20. The summed E-state index contributed by atoms with van der Waals surface area (Å²) in [5.41, 5.74) is 1.06. The van der Waals surface area contributed by atoms with Gasteiger partial charge in [-0.15, -0.1) is 10.2 Å². The number of carbonyl (C=O) groups is 1. The smallest absolute Gasteiger partial charge is 0.302 e. The van der Waals surface area contributed by atoms with Gasteiger partial charge in [0.05, 0.1) is 12.6 Å². The first-order chi connectivity index (χ1) is 12.6. The van der Waals surface area contributed by atoms with Crippen LogP contribution in [0.5, 0.6) is 5.75 Å². The maximum Gasteiger partial charge on any atom is 0.302 e. The molecule has 137 valence electrons. The van der Waals surface area contributed by atoms with E-state index in [2.05, 4.69) is 15.4 Å². The summed E-state index contributed by atoms with van der Waals surface area (Å²) in [4.78, 5) is 12.4. The minimum absolute atomic E-state index is 0.171. The molecule has 1 aromatic heterocycles. The predicted octanol–water partition coefficient (Wildman–Crippen LogP) is 1.56. The van der Waals surface area contributed by atoms with Crippen LogP contribution in [-0.2, 0) is 27.2 Å². The minimum Gasteiger partial charge on any atom is -0.465 e. The van der Waals surface area contributed by atoms with Gasteiger partial charge < -0.3 is 14.2 Å². The zero-order valence-corrected chi connectivity index (χ0v) is 14.7. The number of aromatic nitrogens is 4. The van der Waals surface area contributed by atoms with E-state index < -0.39 is 6.29 Å². The van der Waals surface area contributed by atoms with Gasteiger partial charge in [0.25, 0.3) is 0 Å². The Labute approximate surface area is 152 Å². The number of tetrazole rings is 1. The second-order valence-electron chi connectivity index (χ2n) is 5.76. The monoisotopic (exact) mass is 357 g/mol. The molecule has 0 bridgehead atoms. The molecule has 2 aromatic rings. The highest BCUT2D eigenvalue weighted by Crippen LogP contribution is 2.22. The molecule has 0 amide bonds. The molecule has 2 atom stereocenters. The van der Waals surface area contributed by atoms with E-state index in [1.807, 2.05) is 44.0 Å². The number of benzene rings is 1. The van der Waals surface area contributed by atoms with Crippen LogP contribution in [0.3, 0.4) is 0 Å². The highest BCUT2D eigenvalue weighted by Gasteiger charge is 2.25. The molecule has 1 aliphatic rings. The van der Waals surface area contributed by atoms with Gasteiger partial charge in [0, 0.05) is 19.8 Å². The molecule has 1 saturated heterocycles. The van der Waals surface area contributed by atoms with Gasteiger partial charge in [0.15, 0.2) is 5.82 Å². The number of ether oxygens (including phenoxy) is 3. The summed E-state index contributed by atoms with van der Waals surface area (Å²) < 4.78 is 16.5. The Balaban J connectivity index is 1.51. The zero-order chi connectivity index (χ0) is 18.4. The Bertz CT molecular complexity index is 716. The normalized spacial score (nSPS) is 19.9. The van der Waals surface area contributed by atoms with Gasteiger partial charge in [-0.3, -0.25) is 4.79 Å². The summed E-state index contributed by atoms with van der Waals surface area (Å²) in [5, 5.41) is 12.2. The SMILES string of the molecule is CCn1nnc(Cc2ccc(OC3[CH][CH][CH]C(COC(C)=O)O3)cc2)n1. The van der Waals surface area contributed by atoms with Crippen molar-refractivity contribution in [1.82, 2.24) is 20.2 Å². The number of hydrogen-bond donors (Lipinski definition) is 0. The van der Waals surface area contributed by atoms with Crippen LogP contribution in [0.15, 0.2) is 24.3 Å². The fourth-order valence-electron chi connectivity index (χ4n) is 2.39. The molecule has 2 unspecified atom stereocenters. The third-order valence-electron chi connectivity index (χ3n) is 3.67. The molecule has 0 saturated carbocycles. The van der Waals surface area contributed by atoms with E-state index in [0.29, 0.717) is 24.5 Å². The molecule has 26 heavy (non-hydrogen) atoms. The molecule has 3 rings (SSSR count). The number of aryl methyl sites for hydroxylation is 1. The number of esters is 1. The van der Waals surface area contributed by atoms with Crippen molar-refractivity contribution in [1.29, 1.82) is 0 Å². The van der Waals surface area contributed by atoms with E-state index in [1.165, 1.54) is 6.92 Å². The lowest BCUT2D eigenvalue weighted by Gasteiger charge is -2.29. The molecule has 8 heteroatoms. The average molecular weight is 357 g/mol. The third-order valence-corrected chi connectivity index (χ3v) is 3.67. The van der Waals surface area contributed by atoms with Gasteiger partial charge in [-0.2, -0.15) is 4.80 Å². The van der Waals surface area contributed by atoms with Crippen molar-refractivity contribution < 1.29 is 19.0 Å². The number of rotatable bonds is 7. The standard InChI is InChI=1S/C18H21N4O4/c1-3-22-20-17(19-21-22)11-14-7-9-15(10-8-14)25-18-6-4-5-16(26-18)12-24-13(2)23/h4-10,16,18H,3,11-12H2,1-2H3. The second kappa shape index (κ2) is 8.75. The van der Waals surface area contributed by atoms with Crippen LogP contribution in [0.4, 0.5) is 0 Å². The average Bonchev–Trinajstić information content (AvgIpc) is 3.10. The lowest BCUT2D eigenvalue weighted by molar-refractivity contribution is -0.152. The van der Waals surface area contributed by atoms with Crippen LogP contribution < -0.4 is 4.74 Å². The second-order valence-corrected chi connectivity index (χ2v) is 5.76. The van der Waals surface area contributed by atoms with E-state index in [-0.39, 0.29) is 18.7 Å².